The molecule has 34 heavy (non-hydrogen) atoms. The van der Waals surface area contributed by atoms with Crippen LogP contribution in [0.25, 0.3) is 0 Å². The summed E-state index contributed by atoms with van der Waals surface area (Å²) in [5, 5.41) is 0. The number of unbranched alkanes of at least 4 members (excludes halogenated alkanes) is 8. The van der Waals surface area contributed by atoms with E-state index in [0.717, 1.165) is 19.3 Å². The highest BCUT2D eigenvalue weighted by Crippen LogP contribution is 2.11. The standard InChI is InChI=1S/C30H48O4/c1-4-6-8-10-12-14-15-16-18-19-21-23-25-29(31)33-27-28(3)34-30(32)26-24-22-20-17-13-11-9-7-5-2/h6,8,10,12,14-16,18-19,21,28H,4-5,7,9,11,13,17,20,22-27H2,1-3H3/b8-6+,12-10+,15-14+,18-16+,21-19+. The van der Waals surface area contributed by atoms with Crippen LogP contribution in [0.3, 0.4) is 0 Å². The van der Waals surface area contributed by atoms with E-state index < -0.39 is 6.10 Å². The average molecular weight is 473 g/mol. The van der Waals surface area contributed by atoms with E-state index in [9.17, 15) is 9.59 Å². The first-order chi connectivity index (χ1) is 16.6. The highest BCUT2D eigenvalue weighted by Gasteiger charge is 2.11. The molecule has 192 valence electrons. The summed E-state index contributed by atoms with van der Waals surface area (Å²) < 4.78 is 10.5. The van der Waals surface area contributed by atoms with Crippen LogP contribution in [-0.2, 0) is 19.1 Å². The minimum absolute atomic E-state index is 0.109. The zero-order valence-electron chi connectivity index (χ0n) is 21.9. The summed E-state index contributed by atoms with van der Waals surface area (Å²) in [5.74, 6) is -0.483. The molecule has 0 aliphatic carbocycles. The first kappa shape index (κ1) is 31.6. The molecule has 0 aromatic heterocycles. The zero-order valence-corrected chi connectivity index (χ0v) is 21.9. The van der Waals surface area contributed by atoms with Crippen LogP contribution < -0.4 is 0 Å². The Balaban J connectivity index is 3.71. The molecule has 4 heteroatoms. The number of hydrogen-bond acceptors (Lipinski definition) is 4. The number of allylic oxidation sites excluding steroid dienone is 10. The van der Waals surface area contributed by atoms with Gasteiger partial charge in [0.2, 0.25) is 0 Å². The van der Waals surface area contributed by atoms with Gasteiger partial charge in [-0.3, -0.25) is 9.59 Å². The van der Waals surface area contributed by atoms with Crippen LogP contribution in [0.15, 0.2) is 60.8 Å². The lowest BCUT2D eigenvalue weighted by atomic mass is 10.1. The lowest BCUT2D eigenvalue weighted by Crippen LogP contribution is -2.22. The van der Waals surface area contributed by atoms with Gasteiger partial charge in [-0.15, -0.1) is 0 Å². The van der Waals surface area contributed by atoms with Gasteiger partial charge in [0.15, 0.2) is 0 Å². The molecular formula is C30H48O4. The summed E-state index contributed by atoms with van der Waals surface area (Å²) in [6, 6.07) is 0. The predicted octanol–water partition coefficient (Wildman–Crippen LogP) is 8.35. The maximum absolute atomic E-state index is 11.9. The van der Waals surface area contributed by atoms with E-state index >= 15 is 0 Å². The fraction of sp³-hybridized carbons (Fsp3) is 0.600. The van der Waals surface area contributed by atoms with Crippen LogP contribution in [-0.4, -0.2) is 24.6 Å². The Labute approximate surface area is 208 Å². The molecule has 0 rings (SSSR count). The normalized spacial score (nSPS) is 13.1. The molecular weight excluding hydrogens is 424 g/mol. The summed E-state index contributed by atoms with van der Waals surface area (Å²) in [6.07, 6.45) is 32.7. The summed E-state index contributed by atoms with van der Waals surface area (Å²) in [6.45, 7) is 6.20. The Morgan fingerprint density at radius 3 is 1.76 bits per heavy atom. The molecule has 0 fully saturated rings. The fourth-order valence-electron chi connectivity index (χ4n) is 3.16. The lowest BCUT2D eigenvalue weighted by Gasteiger charge is -2.13. The first-order valence-electron chi connectivity index (χ1n) is 13.3. The van der Waals surface area contributed by atoms with E-state index in [0.29, 0.717) is 19.3 Å². The molecule has 0 radical (unpaired) electrons. The van der Waals surface area contributed by atoms with Gasteiger partial charge in [0.05, 0.1) is 0 Å². The van der Waals surface area contributed by atoms with Crippen LogP contribution in [0.5, 0.6) is 0 Å². The number of hydrogen-bond donors (Lipinski definition) is 0. The van der Waals surface area contributed by atoms with Crippen molar-refractivity contribution in [3.05, 3.63) is 60.8 Å². The largest absolute Gasteiger partial charge is 0.462 e. The van der Waals surface area contributed by atoms with Crippen LogP contribution in [0, 0.1) is 0 Å². The summed E-state index contributed by atoms with van der Waals surface area (Å²) in [4.78, 5) is 23.7. The molecule has 0 aliphatic rings. The van der Waals surface area contributed by atoms with Gasteiger partial charge in [0.1, 0.15) is 12.7 Å². The molecule has 0 aromatic rings. The summed E-state index contributed by atoms with van der Waals surface area (Å²) >= 11 is 0. The summed E-state index contributed by atoms with van der Waals surface area (Å²) in [5.41, 5.74) is 0. The second-order valence-electron chi connectivity index (χ2n) is 8.52. The van der Waals surface area contributed by atoms with Gasteiger partial charge in [0.25, 0.3) is 0 Å². The van der Waals surface area contributed by atoms with Crippen LogP contribution >= 0.6 is 0 Å². The molecule has 0 spiro atoms. The molecule has 0 N–H and O–H groups in total. The van der Waals surface area contributed by atoms with Crippen LogP contribution in [0.2, 0.25) is 0 Å². The molecule has 0 saturated carbocycles. The fourth-order valence-corrected chi connectivity index (χ4v) is 3.16. The molecule has 0 aliphatic heterocycles. The van der Waals surface area contributed by atoms with Gasteiger partial charge in [-0.05, 0) is 26.2 Å². The predicted molar refractivity (Wildman–Crippen MR) is 144 cm³/mol. The smallest absolute Gasteiger partial charge is 0.306 e. The molecule has 0 aromatic carbocycles. The van der Waals surface area contributed by atoms with Crippen molar-refractivity contribution < 1.29 is 19.1 Å². The van der Waals surface area contributed by atoms with Gasteiger partial charge in [-0.2, -0.15) is 0 Å². The molecule has 0 heterocycles. The zero-order chi connectivity index (χ0) is 25.1. The van der Waals surface area contributed by atoms with Gasteiger partial charge >= 0.3 is 11.9 Å². The van der Waals surface area contributed by atoms with E-state index in [2.05, 4.69) is 19.9 Å². The van der Waals surface area contributed by atoms with E-state index in [-0.39, 0.29) is 18.5 Å². The maximum atomic E-state index is 11.9. The number of rotatable bonds is 21. The van der Waals surface area contributed by atoms with Crippen molar-refractivity contribution in [1.82, 2.24) is 0 Å². The Kier molecular flexibility index (Phi) is 23.5. The van der Waals surface area contributed by atoms with Crippen LogP contribution in [0.1, 0.15) is 104 Å². The second-order valence-corrected chi connectivity index (χ2v) is 8.52. The van der Waals surface area contributed by atoms with Gasteiger partial charge in [-0.25, -0.2) is 0 Å². The molecule has 0 bridgehead atoms. The quantitative estimate of drug-likeness (QED) is 0.0956. The van der Waals surface area contributed by atoms with E-state index in [4.69, 9.17) is 9.47 Å². The summed E-state index contributed by atoms with van der Waals surface area (Å²) in [7, 11) is 0. The highest BCUT2D eigenvalue weighted by atomic mass is 16.6. The minimum atomic E-state index is -0.410. The van der Waals surface area contributed by atoms with Crippen LogP contribution in [0.4, 0.5) is 0 Å². The van der Waals surface area contributed by atoms with Crippen molar-refractivity contribution >= 4 is 11.9 Å². The van der Waals surface area contributed by atoms with E-state index in [1.165, 1.54) is 44.9 Å². The molecule has 1 unspecified atom stereocenters. The van der Waals surface area contributed by atoms with Crippen molar-refractivity contribution in [2.45, 2.75) is 110 Å². The number of carbonyl (C=O) groups excluding carboxylic acids is 2. The molecule has 1 atom stereocenters. The Bertz CT molecular complexity index is 640. The van der Waals surface area contributed by atoms with Crippen molar-refractivity contribution in [3.8, 4) is 0 Å². The molecule has 4 nitrogen and oxygen atoms in total. The SMILES string of the molecule is CC/C=C/C=C/C=C/C=C/C=C/CCC(=O)OCC(C)OC(=O)CCCCCCCCCCC. The average Bonchev–Trinajstić information content (AvgIpc) is 2.82. The molecule has 0 saturated heterocycles. The monoisotopic (exact) mass is 472 g/mol. The third-order valence-corrected chi connectivity index (χ3v) is 5.10. The van der Waals surface area contributed by atoms with E-state index in [1.54, 1.807) is 6.92 Å². The van der Waals surface area contributed by atoms with Gasteiger partial charge < -0.3 is 9.47 Å². The van der Waals surface area contributed by atoms with Gasteiger partial charge in [-0.1, -0.05) is 126 Å². The van der Waals surface area contributed by atoms with Crippen molar-refractivity contribution in [2.24, 2.45) is 0 Å². The van der Waals surface area contributed by atoms with Crippen molar-refractivity contribution in [1.29, 1.82) is 0 Å². The second kappa shape index (κ2) is 25.3. The lowest BCUT2D eigenvalue weighted by molar-refractivity contribution is -0.158. The highest BCUT2D eigenvalue weighted by molar-refractivity contribution is 5.70. The third kappa shape index (κ3) is 24.3. The molecule has 0 amide bonds. The third-order valence-electron chi connectivity index (χ3n) is 5.10. The Morgan fingerprint density at radius 2 is 1.18 bits per heavy atom. The van der Waals surface area contributed by atoms with Crippen molar-refractivity contribution in [3.63, 3.8) is 0 Å². The van der Waals surface area contributed by atoms with Gasteiger partial charge in [0, 0.05) is 12.8 Å². The topological polar surface area (TPSA) is 52.6 Å². The minimum Gasteiger partial charge on any atom is -0.462 e. The Morgan fingerprint density at radius 1 is 0.647 bits per heavy atom. The maximum Gasteiger partial charge on any atom is 0.306 e. The Hall–Kier alpha value is -2.36. The number of ether oxygens (including phenoxy) is 2. The van der Waals surface area contributed by atoms with E-state index in [1.807, 2.05) is 54.7 Å². The first-order valence-corrected chi connectivity index (χ1v) is 13.3. The number of carbonyl (C=O) groups is 2. The van der Waals surface area contributed by atoms with Crippen molar-refractivity contribution in [2.75, 3.05) is 6.61 Å². The number of esters is 2.